The van der Waals surface area contributed by atoms with E-state index in [-0.39, 0.29) is 5.91 Å². The van der Waals surface area contributed by atoms with Gasteiger partial charge in [0.15, 0.2) is 0 Å². The van der Waals surface area contributed by atoms with Crippen molar-refractivity contribution in [3.05, 3.63) is 36.2 Å². The number of tetrazole rings is 1. The molecule has 0 aliphatic rings. The number of nitrogens with zero attached hydrogens (tertiary/aromatic N) is 5. The number of benzene rings is 1. The lowest BCUT2D eigenvalue weighted by molar-refractivity contribution is 0.0793. The summed E-state index contributed by atoms with van der Waals surface area (Å²) in [5, 5.41) is 11.0. The van der Waals surface area contributed by atoms with E-state index in [1.165, 1.54) is 11.0 Å². The number of carbonyl (C=O) groups is 1. The number of hydrogen-bond donors (Lipinski definition) is 0. The number of aromatic nitrogens is 4. The molecule has 0 N–H and O–H groups in total. The first-order chi connectivity index (χ1) is 9.22. The average Bonchev–Trinajstić information content (AvgIpc) is 2.98. The highest BCUT2D eigenvalue weighted by atomic mass is 16.2. The fourth-order valence-corrected chi connectivity index (χ4v) is 1.78. The van der Waals surface area contributed by atoms with Crippen molar-refractivity contribution < 1.29 is 4.79 Å². The van der Waals surface area contributed by atoms with Crippen molar-refractivity contribution >= 4 is 5.91 Å². The molecule has 0 aliphatic carbocycles. The zero-order valence-electron chi connectivity index (χ0n) is 11.2. The molecule has 100 valence electrons. The largest absolute Gasteiger partial charge is 0.342 e. The summed E-state index contributed by atoms with van der Waals surface area (Å²) < 4.78 is 1.53. The van der Waals surface area contributed by atoms with Gasteiger partial charge < -0.3 is 4.90 Å². The lowest BCUT2D eigenvalue weighted by Crippen LogP contribution is -2.27. The van der Waals surface area contributed by atoms with Crippen LogP contribution in [-0.4, -0.2) is 44.6 Å². The molecule has 2 aromatic rings. The molecule has 0 unspecified atom stereocenters. The van der Waals surface area contributed by atoms with Crippen LogP contribution in [0.3, 0.4) is 0 Å². The Hall–Kier alpha value is -2.24. The van der Waals surface area contributed by atoms with Crippen molar-refractivity contribution in [2.45, 2.75) is 19.8 Å². The fourth-order valence-electron chi connectivity index (χ4n) is 1.78. The van der Waals surface area contributed by atoms with E-state index >= 15 is 0 Å². The second-order valence-corrected chi connectivity index (χ2v) is 4.38. The zero-order chi connectivity index (χ0) is 13.7. The molecule has 1 amide bonds. The van der Waals surface area contributed by atoms with Crippen LogP contribution in [0.2, 0.25) is 0 Å². The molecule has 0 saturated carbocycles. The summed E-state index contributed by atoms with van der Waals surface area (Å²) in [6.07, 6.45) is 3.58. The summed E-state index contributed by atoms with van der Waals surface area (Å²) in [5.74, 6) is 0.0170. The van der Waals surface area contributed by atoms with Crippen LogP contribution in [0.25, 0.3) is 5.69 Å². The maximum Gasteiger partial charge on any atom is 0.253 e. The SMILES string of the molecule is CCCCN(C)C(=O)c1cccc(-n2cnnn2)c1. The van der Waals surface area contributed by atoms with Crippen LogP contribution in [0.5, 0.6) is 0 Å². The number of rotatable bonds is 5. The van der Waals surface area contributed by atoms with Gasteiger partial charge in [0.1, 0.15) is 6.33 Å². The van der Waals surface area contributed by atoms with Gasteiger partial charge in [0.25, 0.3) is 5.91 Å². The van der Waals surface area contributed by atoms with Crippen molar-refractivity contribution in [3.63, 3.8) is 0 Å². The van der Waals surface area contributed by atoms with E-state index in [0.29, 0.717) is 5.56 Å². The van der Waals surface area contributed by atoms with E-state index in [2.05, 4.69) is 22.4 Å². The average molecular weight is 259 g/mol. The maximum absolute atomic E-state index is 12.2. The number of amides is 1. The lowest BCUT2D eigenvalue weighted by Gasteiger charge is -2.17. The molecule has 0 radical (unpaired) electrons. The molecule has 2 rings (SSSR count). The lowest BCUT2D eigenvalue weighted by atomic mass is 10.1. The second kappa shape index (κ2) is 6.08. The van der Waals surface area contributed by atoms with Gasteiger partial charge in [-0.3, -0.25) is 4.79 Å². The zero-order valence-corrected chi connectivity index (χ0v) is 11.2. The Balaban J connectivity index is 2.17. The standard InChI is InChI=1S/C13H17N5O/c1-3-4-8-17(2)13(19)11-6-5-7-12(9-11)18-10-14-15-16-18/h5-7,9-10H,3-4,8H2,1-2H3. The minimum atomic E-state index is 0.0170. The summed E-state index contributed by atoms with van der Waals surface area (Å²) in [6.45, 7) is 2.88. The van der Waals surface area contributed by atoms with Crippen molar-refractivity contribution in [3.8, 4) is 5.69 Å². The summed E-state index contributed by atoms with van der Waals surface area (Å²) >= 11 is 0. The van der Waals surface area contributed by atoms with Gasteiger partial charge in [0.05, 0.1) is 5.69 Å². The Labute approximate surface area is 112 Å². The quantitative estimate of drug-likeness (QED) is 0.817. The molecule has 0 aliphatic heterocycles. The molecule has 6 nitrogen and oxygen atoms in total. The number of carbonyl (C=O) groups excluding carboxylic acids is 1. The molecule has 6 heteroatoms. The van der Waals surface area contributed by atoms with Gasteiger partial charge in [0.2, 0.25) is 0 Å². The monoisotopic (exact) mass is 259 g/mol. The molecule has 1 aromatic carbocycles. The van der Waals surface area contributed by atoms with E-state index in [9.17, 15) is 4.79 Å². The minimum absolute atomic E-state index is 0.0170. The van der Waals surface area contributed by atoms with Crippen LogP contribution < -0.4 is 0 Å². The highest BCUT2D eigenvalue weighted by molar-refractivity contribution is 5.94. The Morgan fingerprint density at radius 3 is 2.95 bits per heavy atom. The van der Waals surface area contributed by atoms with E-state index < -0.39 is 0 Å². The molecule has 0 fully saturated rings. The molecule has 0 atom stereocenters. The van der Waals surface area contributed by atoms with Gasteiger partial charge in [-0.2, -0.15) is 0 Å². The van der Waals surface area contributed by atoms with E-state index in [0.717, 1.165) is 25.1 Å². The van der Waals surface area contributed by atoms with Gasteiger partial charge in [0, 0.05) is 19.2 Å². The minimum Gasteiger partial charge on any atom is -0.342 e. The molecule has 1 aromatic heterocycles. The third-order valence-electron chi connectivity index (χ3n) is 2.90. The molecule has 0 bridgehead atoms. The smallest absolute Gasteiger partial charge is 0.253 e. The summed E-state index contributed by atoms with van der Waals surface area (Å²) in [4.78, 5) is 14.0. The van der Waals surface area contributed by atoms with Crippen molar-refractivity contribution in [1.29, 1.82) is 0 Å². The fraction of sp³-hybridized carbons (Fsp3) is 0.385. The third-order valence-corrected chi connectivity index (χ3v) is 2.90. The molecular formula is C13H17N5O. The Bertz CT molecular complexity index is 538. The van der Waals surface area contributed by atoms with Gasteiger partial charge in [-0.1, -0.05) is 19.4 Å². The predicted octanol–water partition coefficient (Wildman–Crippen LogP) is 1.53. The first-order valence-corrected chi connectivity index (χ1v) is 6.31. The Kier molecular flexibility index (Phi) is 4.22. The predicted molar refractivity (Wildman–Crippen MR) is 71.0 cm³/mol. The molecular weight excluding hydrogens is 242 g/mol. The normalized spacial score (nSPS) is 10.4. The van der Waals surface area contributed by atoms with Gasteiger partial charge in [-0.15, -0.1) is 5.10 Å². The van der Waals surface area contributed by atoms with Gasteiger partial charge in [-0.25, -0.2) is 4.68 Å². The van der Waals surface area contributed by atoms with Crippen LogP contribution >= 0.6 is 0 Å². The van der Waals surface area contributed by atoms with Crippen LogP contribution in [0.1, 0.15) is 30.1 Å². The first kappa shape index (κ1) is 13.2. The molecule has 0 saturated heterocycles. The Morgan fingerprint density at radius 1 is 1.42 bits per heavy atom. The second-order valence-electron chi connectivity index (χ2n) is 4.38. The molecule has 19 heavy (non-hydrogen) atoms. The van der Waals surface area contributed by atoms with E-state index in [1.54, 1.807) is 17.0 Å². The summed E-state index contributed by atoms with van der Waals surface area (Å²) in [7, 11) is 1.82. The third kappa shape index (κ3) is 3.15. The van der Waals surface area contributed by atoms with Gasteiger partial charge in [-0.05, 0) is 35.0 Å². The van der Waals surface area contributed by atoms with E-state index in [1.807, 2.05) is 19.2 Å². The first-order valence-electron chi connectivity index (χ1n) is 6.31. The van der Waals surface area contributed by atoms with Crippen LogP contribution in [-0.2, 0) is 0 Å². The van der Waals surface area contributed by atoms with Crippen LogP contribution in [0.4, 0.5) is 0 Å². The highest BCUT2D eigenvalue weighted by Crippen LogP contribution is 2.11. The van der Waals surface area contributed by atoms with Crippen molar-refractivity contribution in [2.24, 2.45) is 0 Å². The summed E-state index contributed by atoms with van der Waals surface area (Å²) in [5.41, 5.74) is 1.42. The number of hydrogen-bond acceptors (Lipinski definition) is 4. The number of unbranched alkanes of at least 4 members (excludes halogenated alkanes) is 1. The van der Waals surface area contributed by atoms with E-state index in [4.69, 9.17) is 0 Å². The maximum atomic E-state index is 12.2. The molecule has 1 heterocycles. The topological polar surface area (TPSA) is 63.9 Å². The highest BCUT2D eigenvalue weighted by Gasteiger charge is 2.12. The molecule has 0 spiro atoms. The van der Waals surface area contributed by atoms with Crippen molar-refractivity contribution in [2.75, 3.05) is 13.6 Å². The Morgan fingerprint density at radius 2 is 2.26 bits per heavy atom. The van der Waals surface area contributed by atoms with Crippen LogP contribution in [0.15, 0.2) is 30.6 Å². The van der Waals surface area contributed by atoms with Crippen LogP contribution in [0, 0.1) is 0 Å². The van der Waals surface area contributed by atoms with Crippen molar-refractivity contribution in [1.82, 2.24) is 25.1 Å². The van der Waals surface area contributed by atoms with Gasteiger partial charge >= 0.3 is 0 Å². The summed E-state index contributed by atoms with van der Waals surface area (Å²) in [6, 6.07) is 7.29.